The van der Waals surface area contributed by atoms with Gasteiger partial charge >= 0.3 is 0 Å². The van der Waals surface area contributed by atoms with Crippen molar-refractivity contribution in [1.29, 1.82) is 5.41 Å². The van der Waals surface area contributed by atoms with Gasteiger partial charge < -0.3 is 15.0 Å². The number of quaternary nitrogens is 1. The highest BCUT2D eigenvalue weighted by molar-refractivity contribution is 7.99. The van der Waals surface area contributed by atoms with Crippen LogP contribution in [0.1, 0.15) is 24.0 Å². The summed E-state index contributed by atoms with van der Waals surface area (Å²) in [5.41, 5.74) is 0.991. The smallest absolute Gasteiger partial charge is 0.0830 e. The zero-order valence-corrected chi connectivity index (χ0v) is 19.6. The largest absolute Gasteiger partial charge is 0.861 e. The maximum absolute atomic E-state index is 13.1. The third-order valence-electron chi connectivity index (χ3n) is 6.96. The van der Waals surface area contributed by atoms with Gasteiger partial charge in [0.15, 0.2) is 0 Å². The first-order chi connectivity index (χ1) is 15.5. The Kier molecular flexibility index (Phi) is 7.02. The molecule has 1 heterocycles. The second kappa shape index (κ2) is 9.93. The van der Waals surface area contributed by atoms with Gasteiger partial charge in [-0.25, -0.2) is 0 Å². The molecule has 0 bridgehead atoms. The van der Waals surface area contributed by atoms with E-state index in [2.05, 4.69) is 37.4 Å². The molecule has 3 nitrogen and oxygen atoms in total. The monoisotopic (exact) mass is 444 g/mol. The van der Waals surface area contributed by atoms with Crippen LogP contribution in [0.4, 0.5) is 0 Å². The van der Waals surface area contributed by atoms with Crippen molar-refractivity contribution in [2.75, 3.05) is 32.4 Å². The number of hydrogen-bond donors (Lipinski definition) is 1. The molecular formula is C28H32N2OS. The van der Waals surface area contributed by atoms with Gasteiger partial charge in [-0.2, -0.15) is 0 Å². The quantitative estimate of drug-likeness (QED) is 0.167. The van der Waals surface area contributed by atoms with Gasteiger partial charge in [0.05, 0.1) is 32.1 Å². The van der Waals surface area contributed by atoms with Crippen molar-refractivity contribution in [1.82, 2.24) is 0 Å². The Bertz CT molecular complexity index is 970. The van der Waals surface area contributed by atoms with Gasteiger partial charge in [-0.3, -0.25) is 0 Å². The Balaban J connectivity index is 1.54. The summed E-state index contributed by atoms with van der Waals surface area (Å²) in [4.78, 5) is 1.32. The summed E-state index contributed by atoms with van der Waals surface area (Å²) < 4.78 is 0.967. The average Bonchev–Trinajstić information content (AvgIpc) is 3.21. The predicted octanol–water partition coefficient (Wildman–Crippen LogP) is 4.96. The molecule has 1 unspecified atom stereocenters. The van der Waals surface area contributed by atoms with Crippen LogP contribution < -0.4 is 5.11 Å². The van der Waals surface area contributed by atoms with Crippen molar-refractivity contribution < 1.29 is 9.59 Å². The molecule has 1 N–H and O–H groups in total. The van der Waals surface area contributed by atoms with Crippen LogP contribution in [0, 0.1) is 11.3 Å². The van der Waals surface area contributed by atoms with Crippen LogP contribution in [-0.4, -0.2) is 42.8 Å². The van der Waals surface area contributed by atoms with Crippen LogP contribution in [0.5, 0.6) is 0 Å². The number of thioether (sulfide) groups is 1. The summed E-state index contributed by atoms with van der Waals surface area (Å²) in [6, 6.07) is 30.6. The molecule has 0 saturated carbocycles. The minimum absolute atomic E-state index is 0.115. The number of nitrogens with zero attached hydrogens (tertiary/aromatic N) is 1. The lowest BCUT2D eigenvalue weighted by Crippen LogP contribution is -2.52. The third kappa shape index (κ3) is 4.62. The highest BCUT2D eigenvalue weighted by Crippen LogP contribution is 2.45. The Labute approximate surface area is 196 Å². The molecule has 3 aromatic carbocycles. The van der Waals surface area contributed by atoms with E-state index >= 15 is 0 Å². The van der Waals surface area contributed by atoms with E-state index in [9.17, 15) is 5.11 Å². The average molecular weight is 445 g/mol. The van der Waals surface area contributed by atoms with E-state index in [-0.39, 0.29) is 5.92 Å². The molecular weight excluding hydrogens is 412 g/mol. The maximum atomic E-state index is 13.1. The van der Waals surface area contributed by atoms with Crippen LogP contribution in [0.25, 0.3) is 0 Å². The van der Waals surface area contributed by atoms with Gasteiger partial charge in [-0.15, -0.1) is 11.8 Å². The second-order valence-corrected chi connectivity index (χ2v) is 10.3. The van der Waals surface area contributed by atoms with E-state index in [0.717, 1.165) is 53.8 Å². The first-order valence-electron chi connectivity index (χ1n) is 11.4. The summed E-state index contributed by atoms with van der Waals surface area (Å²) in [5, 5.41) is 21.6. The SMILES string of the molecule is C[N@+]1(CCCSc2ccccc2)CCC(C(C(=N)[O-])(c2ccccc2)c2ccccc2)C1. The van der Waals surface area contributed by atoms with Crippen LogP contribution in [0.2, 0.25) is 0 Å². The van der Waals surface area contributed by atoms with E-state index < -0.39 is 11.3 Å². The summed E-state index contributed by atoms with van der Waals surface area (Å²) in [6.07, 6.45) is 2.10. The molecule has 32 heavy (non-hydrogen) atoms. The summed E-state index contributed by atoms with van der Waals surface area (Å²) >= 11 is 1.91. The highest BCUT2D eigenvalue weighted by Gasteiger charge is 2.49. The molecule has 4 heteroatoms. The summed E-state index contributed by atoms with van der Waals surface area (Å²) in [7, 11) is 2.32. The first-order valence-corrected chi connectivity index (χ1v) is 12.4. The fourth-order valence-electron chi connectivity index (χ4n) is 5.38. The van der Waals surface area contributed by atoms with Crippen LogP contribution in [-0.2, 0) is 5.41 Å². The van der Waals surface area contributed by atoms with Gasteiger partial charge in [0.1, 0.15) is 0 Å². The maximum Gasteiger partial charge on any atom is 0.0830 e. The summed E-state index contributed by atoms with van der Waals surface area (Å²) in [6.45, 7) is 3.07. The molecule has 1 saturated heterocycles. The minimum atomic E-state index is -0.905. The molecule has 0 amide bonds. The lowest BCUT2D eigenvalue weighted by Gasteiger charge is -2.43. The van der Waals surface area contributed by atoms with Gasteiger partial charge in [-0.1, -0.05) is 78.9 Å². The Morgan fingerprint density at radius 3 is 2.00 bits per heavy atom. The Morgan fingerprint density at radius 2 is 1.47 bits per heavy atom. The van der Waals surface area contributed by atoms with Crippen molar-refractivity contribution >= 4 is 17.7 Å². The molecule has 3 aromatic rings. The van der Waals surface area contributed by atoms with E-state index in [0.29, 0.717) is 0 Å². The lowest BCUT2D eigenvalue weighted by atomic mass is 9.65. The van der Waals surface area contributed by atoms with Crippen LogP contribution in [0.3, 0.4) is 0 Å². The molecule has 1 aliphatic heterocycles. The van der Waals surface area contributed by atoms with Crippen LogP contribution >= 0.6 is 11.8 Å². The molecule has 4 rings (SSSR count). The number of likely N-dealkylation sites (tertiary alicyclic amines) is 1. The van der Waals surface area contributed by atoms with Crippen LogP contribution in [0.15, 0.2) is 95.9 Å². The molecule has 166 valence electrons. The molecule has 1 fully saturated rings. The number of rotatable bonds is 9. The van der Waals surface area contributed by atoms with Crippen molar-refractivity contribution in [3.8, 4) is 0 Å². The van der Waals surface area contributed by atoms with E-state index in [1.165, 1.54) is 4.90 Å². The molecule has 0 radical (unpaired) electrons. The van der Waals surface area contributed by atoms with E-state index in [4.69, 9.17) is 5.41 Å². The van der Waals surface area contributed by atoms with Crippen molar-refractivity contribution in [3.63, 3.8) is 0 Å². The summed E-state index contributed by atoms with van der Waals surface area (Å²) in [5.74, 6) is 0.722. The van der Waals surface area contributed by atoms with E-state index in [1.54, 1.807) is 0 Å². The highest BCUT2D eigenvalue weighted by atomic mass is 32.2. The van der Waals surface area contributed by atoms with Gasteiger partial charge in [-0.05, 0) is 29.2 Å². The zero-order chi connectivity index (χ0) is 22.4. The first kappa shape index (κ1) is 22.6. The normalized spacial score (nSPS) is 20.8. The molecule has 2 atom stereocenters. The molecule has 1 aliphatic rings. The topological polar surface area (TPSA) is 46.9 Å². The predicted molar refractivity (Wildman–Crippen MR) is 132 cm³/mol. The molecule has 0 aromatic heterocycles. The third-order valence-corrected chi connectivity index (χ3v) is 8.06. The Morgan fingerprint density at radius 1 is 0.938 bits per heavy atom. The standard InChI is InChI=1S/C28H32N2OS/c1-30(19-11-21-32-26-16-9-4-10-17-26)20-18-25(22-30)28(27(29)31,23-12-5-2-6-13-23)24-14-7-3-8-15-24/h2-10,12-17,25H,11,18-22H2,1H3,(H-,29,31)/t25?,30-/m0/s1. The van der Waals surface area contributed by atoms with Gasteiger partial charge in [0.2, 0.25) is 0 Å². The van der Waals surface area contributed by atoms with Crippen molar-refractivity contribution in [3.05, 3.63) is 102 Å². The number of nitrogens with one attached hydrogen (secondary N) is 1. The Hall–Kier alpha value is -2.56. The van der Waals surface area contributed by atoms with E-state index in [1.807, 2.05) is 72.4 Å². The fourth-order valence-corrected chi connectivity index (χ4v) is 6.24. The van der Waals surface area contributed by atoms with Gasteiger partial charge in [0, 0.05) is 29.4 Å². The number of hydrogen-bond acceptors (Lipinski definition) is 3. The lowest BCUT2D eigenvalue weighted by molar-refractivity contribution is -0.899. The van der Waals surface area contributed by atoms with Crippen molar-refractivity contribution in [2.24, 2.45) is 5.92 Å². The fraction of sp³-hybridized carbons (Fsp3) is 0.321. The van der Waals surface area contributed by atoms with Gasteiger partial charge in [0.25, 0.3) is 0 Å². The molecule has 0 spiro atoms. The zero-order valence-electron chi connectivity index (χ0n) is 18.7. The second-order valence-electron chi connectivity index (χ2n) is 9.12. The minimum Gasteiger partial charge on any atom is -0.861 e. The van der Waals surface area contributed by atoms with Crippen molar-refractivity contribution in [2.45, 2.75) is 23.2 Å². The molecule has 0 aliphatic carbocycles. The number of benzene rings is 3.